The van der Waals surface area contributed by atoms with Crippen LogP contribution in [0.5, 0.6) is 0 Å². The van der Waals surface area contributed by atoms with Crippen LogP contribution < -0.4 is 4.72 Å². The second kappa shape index (κ2) is 5.35. The van der Waals surface area contributed by atoms with Gasteiger partial charge in [0, 0.05) is 16.8 Å². The molecule has 1 rings (SSSR count). The maximum absolute atomic E-state index is 11.9. The minimum atomic E-state index is -3.66. The van der Waals surface area contributed by atoms with Gasteiger partial charge in [0.2, 0.25) is 0 Å². The Balaban J connectivity index is 2.85. The summed E-state index contributed by atoms with van der Waals surface area (Å²) in [5.74, 6) is -0.227. The third-order valence-corrected chi connectivity index (χ3v) is 7.10. The molecule has 1 atom stereocenters. The van der Waals surface area contributed by atoms with Crippen LogP contribution in [-0.4, -0.2) is 34.9 Å². The summed E-state index contributed by atoms with van der Waals surface area (Å²) in [5.41, 5.74) is 0. The normalized spacial score (nSPS) is 14.8. The number of thiophene rings is 1. The van der Waals surface area contributed by atoms with Crippen molar-refractivity contribution in [3.05, 3.63) is 15.9 Å². The lowest BCUT2D eigenvalue weighted by Crippen LogP contribution is -2.37. The maximum atomic E-state index is 11.9. The third-order valence-electron chi connectivity index (χ3n) is 1.74. The van der Waals surface area contributed by atoms with E-state index in [1.807, 2.05) is 0 Å². The van der Waals surface area contributed by atoms with E-state index in [1.54, 1.807) is 11.4 Å². The van der Waals surface area contributed by atoms with Gasteiger partial charge in [-0.1, -0.05) is 0 Å². The molecule has 0 saturated carbocycles. The largest absolute Gasteiger partial charge is 0.251 e. The predicted octanol–water partition coefficient (Wildman–Crippen LogP) is 1.22. The van der Waals surface area contributed by atoms with Gasteiger partial charge in [-0.25, -0.2) is 21.6 Å². The van der Waals surface area contributed by atoms with E-state index in [0.29, 0.717) is 4.47 Å². The van der Waals surface area contributed by atoms with Crippen LogP contribution in [0.3, 0.4) is 0 Å². The van der Waals surface area contributed by atoms with Crippen LogP contribution in [-0.2, 0) is 19.9 Å². The summed E-state index contributed by atoms with van der Waals surface area (Å²) in [7, 11) is -6.87. The van der Waals surface area contributed by atoms with Gasteiger partial charge in [-0.05, 0) is 34.3 Å². The monoisotopic (exact) mass is 361 g/mol. The fraction of sp³-hybridized carbons (Fsp3) is 0.500. The highest BCUT2D eigenvalue weighted by Gasteiger charge is 2.23. The van der Waals surface area contributed by atoms with Gasteiger partial charge >= 0.3 is 0 Å². The lowest BCUT2D eigenvalue weighted by atomic mass is 10.4. The van der Waals surface area contributed by atoms with E-state index in [9.17, 15) is 16.8 Å². The van der Waals surface area contributed by atoms with Crippen molar-refractivity contribution in [3.8, 4) is 0 Å². The molecular formula is C8H12BrNO4S3. The summed E-state index contributed by atoms with van der Waals surface area (Å²) >= 11 is 4.20. The van der Waals surface area contributed by atoms with Crippen LogP contribution >= 0.6 is 27.3 Å². The van der Waals surface area contributed by atoms with Gasteiger partial charge in [0.1, 0.15) is 14.0 Å². The van der Waals surface area contributed by atoms with E-state index < -0.39 is 25.9 Å². The lowest BCUT2D eigenvalue weighted by molar-refractivity contribution is 0.566. The molecule has 0 aliphatic heterocycles. The average molecular weight is 362 g/mol. The second-order valence-corrected chi connectivity index (χ2v) is 9.54. The van der Waals surface area contributed by atoms with Gasteiger partial charge in [0.15, 0.2) is 0 Å². The lowest BCUT2D eigenvalue weighted by Gasteiger charge is -2.12. The summed E-state index contributed by atoms with van der Waals surface area (Å²) in [5, 5.41) is 1.64. The summed E-state index contributed by atoms with van der Waals surface area (Å²) in [6.45, 7) is 1.51. The third kappa shape index (κ3) is 4.66. The van der Waals surface area contributed by atoms with E-state index in [2.05, 4.69) is 20.7 Å². The molecule has 0 aliphatic carbocycles. The van der Waals surface area contributed by atoms with Crippen molar-refractivity contribution in [1.29, 1.82) is 0 Å². The van der Waals surface area contributed by atoms with Crippen molar-refractivity contribution in [2.45, 2.75) is 17.2 Å². The molecule has 98 valence electrons. The second-order valence-electron chi connectivity index (χ2n) is 3.67. The van der Waals surface area contributed by atoms with Crippen molar-refractivity contribution in [2.75, 3.05) is 12.0 Å². The number of hydrogen-bond acceptors (Lipinski definition) is 5. The zero-order valence-corrected chi connectivity index (χ0v) is 13.2. The van der Waals surface area contributed by atoms with E-state index in [-0.39, 0.29) is 9.96 Å². The van der Waals surface area contributed by atoms with Gasteiger partial charge in [0.25, 0.3) is 10.0 Å². The van der Waals surface area contributed by atoms with Crippen LogP contribution in [0.2, 0.25) is 0 Å². The Morgan fingerprint density at radius 1 is 1.41 bits per heavy atom. The molecule has 0 spiro atoms. The van der Waals surface area contributed by atoms with Crippen molar-refractivity contribution in [2.24, 2.45) is 0 Å². The molecule has 0 saturated heterocycles. The SMILES string of the molecule is CC(CS(C)(=O)=O)NS(=O)(=O)c1sccc1Br. The molecule has 0 amide bonds. The highest BCUT2D eigenvalue weighted by atomic mass is 79.9. The summed E-state index contributed by atoms with van der Waals surface area (Å²) < 4.78 is 48.8. The molecule has 0 aliphatic rings. The molecule has 0 aromatic carbocycles. The van der Waals surface area contributed by atoms with Crippen LogP contribution in [0.15, 0.2) is 20.1 Å². The zero-order chi connectivity index (χ0) is 13.3. The van der Waals surface area contributed by atoms with E-state index in [0.717, 1.165) is 17.6 Å². The molecule has 1 aromatic rings. The summed E-state index contributed by atoms with van der Waals surface area (Å²) in [4.78, 5) is 0. The van der Waals surface area contributed by atoms with E-state index in [4.69, 9.17) is 0 Å². The smallest absolute Gasteiger partial charge is 0.229 e. The number of sulfone groups is 1. The molecule has 0 fully saturated rings. The van der Waals surface area contributed by atoms with Crippen molar-refractivity contribution >= 4 is 47.1 Å². The van der Waals surface area contributed by atoms with Crippen LogP contribution in [0.1, 0.15) is 6.92 Å². The molecule has 5 nitrogen and oxygen atoms in total. The van der Waals surface area contributed by atoms with Crippen molar-refractivity contribution in [1.82, 2.24) is 4.72 Å². The average Bonchev–Trinajstić information content (AvgIpc) is 2.46. The minimum Gasteiger partial charge on any atom is -0.229 e. The molecule has 0 bridgehead atoms. The summed E-state index contributed by atoms with van der Waals surface area (Å²) in [6.07, 6.45) is 1.07. The van der Waals surface area contributed by atoms with Crippen LogP contribution in [0.25, 0.3) is 0 Å². The highest BCUT2D eigenvalue weighted by molar-refractivity contribution is 9.10. The fourth-order valence-electron chi connectivity index (χ4n) is 1.28. The van der Waals surface area contributed by atoms with Gasteiger partial charge in [-0.3, -0.25) is 0 Å². The van der Waals surface area contributed by atoms with Crippen LogP contribution in [0.4, 0.5) is 0 Å². The number of halogens is 1. The Labute approximate surface area is 113 Å². The predicted molar refractivity (Wildman–Crippen MR) is 71.5 cm³/mol. The molecule has 1 aromatic heterocycles. The number of sulfonamides is 1. The Bertz CT molecular complexity index is 590. The highest BCUT2D eigenvalue weighted by Crippen LogP contribution is 2.27. The van der Waals surface area contributed by atoms with E-state index >= 15 is 0 Å². The standard InChI is InChI=1S/C8H12BrNO4S3/c1-6(5-16(2,11)12)10-17(13,14)8-7(9)3-4-15-8/h3-4,6,10H,5H2,1-2H3. The number of nitrogens with one attached hydrogen (secondary N) is 1. The van der Waals surface area contributed by atoms with Crippen molar-refractivity contribution in [3.63, 3.8) is 0 Å². The quantitative estimate of drug-likeness (QED) is 0.854. The Morgan fingerprint density at radius 2 is 2.00 bits per heavy atom. The Morgan fingerprint density at radius 3 is 2.41 bits per heavy atom. The summed E-state index contributed by atoms with van der Waals surface area (Å²) in [6, 6.07) is 0.962. The molecule has 9 heteroatoms. The molecule has 0 radical (unpaired) electrons. The molecule has 1 heterocycles. The maximum Gasteiger partial charge on any atom is 0.251 e. The topological polar surface area (TPSA) is 80.3 Å². The van der Waals surface area contributed by atoms with Gasteiger partial charge in [0.05, 0.1) is 5.75 Å². The first-order valence-corrected chi connectivity index (χ1v) is 9.76. The number of hydrogen-bond donors (Lipinski definition) is 1. The Kier molecular flexibility index (Phi) is 4.75. The number of rotatable bonds is 5. The minimum absolute atomic E-state index is 0.151. The van der Waals surface area contributed by atoms with Crippen LogP contribution in [0, 0.1) is 0 Å². The first-order valence-electron chi connectivity index (χ1n) is 4.55. The van der Waals surface area contributed by atoms with Gasteiger partial charge in [-0.2, -0.15) is 0 Å². The fourth-order valence-corrected chi connectivity index (χ4v) is 5.97. The first kappa shape index (κ1) is 15.1. The van der Waals surface area contributed by atoms with E-state index in [1.165, 1.54) is 6.92 Å². The molecule has 1 unspecified atom stereocenters. The Hall–Kier alpha value is 0.0400. The van der Waals surface area contributed by atoms with Gasteiger partial charge in [-0.15, -0.1) is 11.3 Å². The van der Waals surface area contributed by atoms with Gasteiger partial charge < -0.3 is 0 Å². The first-order chi connectivity index (χ1) is 7.62. The molecule has 1 N–H and O–H groups in total. The van der Waals surface area contributed by atoms with Crippen molar-refractivity contribution < 1.29 is 16.8 Å². The zero-order valence-electron chi connectivity index (χ0n) is 9.17. The molecule has 17 heavy (non-hydrogen) atoms. The molecular weight excluding hydrogens is 350 g/mol.